The molecular formula is C30H37NO3Si. The average molecular weight is 488 g/mol. The van der Waals surface area contributed by atoms with Crippen LogP contribution in [-0.4, -0.2) is 32.0 Å². The lowest BCUT2D eigenvalue weighted by molar-refractivity contribution is -0.141. The molecule has 4 rings (SSSR count). The van der Waals surface area contributed by atoms with E-state index in [1.165, 1.54) is 0 Å². The number of aliphatic carboxylic acids is 1. The van der Waals surface area contributed by atoms with Gasteiger partial charge in [-0.1, -0.05) is 106 Å². The number of nitrogens with one attached hydrogen (secondary N) is 1. The van der Waals surface area contributed by atoms with Crippen LogP contribution in [0.25, 0.3) is 11.1 Å². The average Bonchev–Trinajstić information content (AvgIpc) is 3.16. The van der Waals surface area contributed by atoms with Gasteiger partial charge in [0.1, 0.15) is 6.04 Å². The molecule has 2 atom stereocenters. The van der Waals surface area contributed by atoms with E-state index >= 15 is 0 Å². The molecule has 0 aromatic heterocycles. The summed E-state index contributed by atoms with van der Waals surface area (Å²) in [5, 5.41) is 14.1. The van der Waals surface area contributed by atoms with Crippen LogP contribution < -0.4 is 5.32 Å². The first kappa shape index (κ1) is 25.4. The summed E-state index contributed by atoms with van der Waals surface area (Å²) < 4.78 is 6.40. The topological polar surface area (TPSA) is 58.6 Å². The van der Waals surface area contributed by atoms with Gasteiger partial charge in [-0.3, -0.25) is 10.1 Å². The van der Waals surface area contributed by atoms with Gasteiger partial charge >= 0.3 is 5.97 Å². The molecule has 5 heteroatoms. The molecule has 0 spiro atoms. The summed E-state index contributed by atoms with van der Waals surface area (Å²) in [4.78, 5) is 12.7. The van der Waals surface area contributed by atoms with Crippen LogP contribution in [0.5, 0.6) is 0 Å². The first-order chi connectivity index (χ1) is 16.8. The predicted octanol–water partition coefficient (Wildman–Crippen LogP) is 6.66. The van der Waals surface area contributed by atoms with Gasteiger partial charge in [-0.2, -0.15) is 0 Å². The van der Waals surface area contributed by atoms with Crippen molar-refractivity contribution in [1.29, 1.82) is 0 Å². The van der Waals surface area contributed by atoms with Gasteiger partial charge in [0.05, 0.1) is 5.54 Å². The number of hydrogen-bond acceptors (Lipinski definition) is 3. The molecule has 0 bridgehead atoms. The van der Waals surface area contributed by atoms with Crippen LogP contribution in [0.1, 0.15) is 43.4 Å². The minimum absolute atomic E-state index is 0.207. The summed E-state index contributed by atoms with van der Waals surface area (Å²) in [5.74, 6) is -1.06. The third-order valence-corrected chi connectivity index (χ3v) is 9.74. The predicted molar refractivity (Wildman–Crippen MR) is 145 cm³/mol. The van der Waals surface area contributed by atoms with Crippen molar-refractivity contribution in [2.24, 2.45) is 5.92 Å². The molecule has 1 aliphatic carbocycles. The van der Waals surface area contributed by atoms with Gasteiger partial charge in [0.15, 0.2) is 8.32 Å². The molecule has 35 heavy (non-hydrogen) atoms. The molecular weight excluding hydrogens is 450 g/mol. The van der Waals surface area contributed by atoms with E-state index in [4.69, 9.17) is 4.43 Å². The first-order valence-electron chi connectivity index (χ1n) is 12.7. The van der Waals surface area contributed by atoms with Crippen molar-refractivity contribution < 1.29 is 14.3 Å². The zero-order valence-electron chi connectivity index (χ0n) is 21.3. The van der Waals surface area contributed by atoms with E-state index in [2.05, 4.69) is 61.7 Å². The third-order valence-electron chi connectivity index (χ3n) is 7.24. The van der Waals surface area contributed by atoms with Crippen molar-refractivity contribution in [3.8, 4) is 11.1 Å². The fourth-order valence-corrected chi connectivity index (χ4v) is 7.35. The fourth-order valence-electron chi connectivity index (χ4n) is 5.28. The van der Waals surface area contributed by atoms with Gasteiger partial charge in [0.25, 0.3) is 0 Å². The van der Waals surface area contributed by atoms with Gasteiger partial charge < -0.3 is 9.53 Å². The smallest absolute Gasteiger partial charge is 0.321 e. The van der Waals surface area contributed by atoms with E-state index in [-0.39, 0.29) is 5.92 Å². The molecule has 1 aliphatic rings. The Balaban J connectivity index is 1.76. The number of rotatable bonds is 11. The van der Waals surface area contributed by atoms with Gasteiger partial charge in [0.2, 0.25) is 0 Å². The SMILES string of the molecule is CCCC[Si](C)(C)OCC(C)C(NC1(c2ccccc2)c2ccccc2-c2ccccc21)C(=O)O. The van der Waals surface area contributed by atoms with Crippen LogP contribution in [0.3, 0.4) is 0 Å². The Bertz CT molecular complexity index is 1120. The van der Waals surface area contributed by atoms with E-state index in [0.29, 0.717) is 6.61 Å². The molecule has 3 aromatic rings. The Labute approximate surface area is 210 Å². The third kappa shape index (κ3) is 4.99. The van der Waals surface area contributed by atoms with Crippen LogP contribution in [0, 0.1) is 5.92 Å². The first-order valence-corrected chi connectivity index (χ1v) is 15.8. The van der Waals surface area contributed by atoms with Crippen LogP contribution in [0.15, 0.2) is 78.9 Å². The normalized spacial score (nSPS) is 15.8. The molecule has 0 fully saturated rings. The lowest BCUT2D eigenvalue weighted by Crippen LogP contribution is -2.55. The lowest BCUT2D eigenvalue weighted by Gasteiger charge is -2.38. The molecule has 0 saturated heterocycles. The summed E-state index contributed by atoms with van der Waals surface area (Å²) >= 11 is 0. The Kier molecular flexibility index (Phi) is 7.60. The molecule has 4 nitrogen and oxygen atoms in total. The second-order valence-corrected chi connectivity index (χ2v) is 14.6. The highest BCUT2D eigenvalue weighted by atomic mass is 28.4. The Morgan fingerprint density at radius 2 is 1.49 bits per heavy atom. The van der Waals surface area contributed by atoms with E-state index in [1.54, 1.807) is 0 Å². The monoisotopic (exact) mass is 487 g/mol. The summed E-state index contributed by atoms with van der Waals surface area (Å²) in [6.45, 7) is 9.07. The van der Waals surface area contributed by atoms with Crippen LogP contribution >= 0.6 is 0 Å². The maximum atomic E-state index is 12.7. The van der Waals surface area contributed by atoms with Gasteiger partial charge in [-0.15, -0.1) is 0 Å². The largest absolute Gasteiger partial charge is 0.480 e. The molecule has 3 aromatic carbocycles. The zero-order valence-corrected chi connectivity index (χ0v) is 22.3. The number of carboxylic acids is 1. The minimum Gasteiger partial charge on any atom is -0.480 e. The molecule has 184 valence electrons. The van der Waals surface area contributed by atoms with Crippen molar-refractivity contribution in [2.45, 2.75) is 57.4 Å². The number of fused-ring (bicyclic) bond motifs is 3. The summed E-state index contributed by atoms with van der Waals surface area (Å²) in [6, 6.07) is 27.2. The Hall–Kier alpha value is -2.73. The van der Waals surface area contributed by atoms with Crippen molar-refractivity contribution in [3.63, 3.8) is 0 Å². The Morgan fingerprint density at radius 3 is 2.03 bits per heavy atom. The fraction of sp³-hybridized carbons (Fsp3) is 0.367. The highest BCUT2D eigenvalue weighted by Crippen LogP contribution is 2.51. The molecule has 0 amide bonds. The van der Waals surface area contributed by atoms with E-state index in [1.807, 2.05) is 49.4 Å². The number of unbranched alkanes of at least 4 members (excludes halogenated alkanes) is 1. The lowest BCUT2D eigenvalue weighted by atomic mass is 9.79. The van der Waals surface area contributed by atoms with Crippen molar-refractivity contribution in [3.05, 3.63) is 95.6 Å². The number of carboxylic acid groups (broad SMARTS) is 1. The summed E-state index contributed by atoms with van der Waals surface area (Å²) in [6.07, 6.45) is 2.30. The van der Waals surface area contributed by atoms with Crippen molar-refractivity contribution >= 4 is 14.3 Å². The van der Waals surface area contributed by atoms with Gasteiger partial charge in [-0.05, 0) is 47.0 Å². The maximum absolute atomic E-state index is 12.7. The number of carbonyl (C=O) groups is 1. The van der Waals surface area contributed by atoms with Crippen molar-refractivity contribution in [1.82, 2.24) is 5.32 Å². The van der Waals surface area contributed by atoms with E-state index < -0.39 is 25.9 Å². The van der Waals surface area contributed by atoms with Gasteiger partial charge in [-0.25, -0.2) is 0 Å². The number of hydrogen-bond donors (Lipinski definition) is 2. The quantitative estimate of drug-likeness (QED) is 0.297. The standard InChI is InChI=1S/C30H37NO3Si/c1-5-6-20-35(3,4)34-21-22(2)28(29(32)33)31-30(23-14-8-7-9-15-23)26-18-12-10-16-24(26)25-17-11-13-19-27(25)30/h7-19,22,28,31H,5-6,20-21H2,1-4H3,(H,32,33). The van der Waals surface area contributed by atoms with E-state index in [0.717, 1.165) is 46.7 Å². The zero-order chi connectivity index (χ0) is 25.1. The summed E-state index contributed by atoms with van der Waals surface area (Å²) in [5.41, 5.74) is 4.73. The van der Waals surface area contributed by atoms with Crippen LogP contribution in [0.4, 0.5) is 0 Å². The molecule has 0 radical (unpaired) electrons. The highest BCUT2D eigenvalue weighted by Gasteiger charge is 2.47. The second kappa shape index (κ2) is 10.5. The van der Waals surface area contributed by atoms with Crippen LogP contribution in [-0.2, 0) is 14.8 Å². The molecule has 2 N–H and O–H groups in total. The van der Waals surface area contributed by atoms with Crippen molar-refractivity contribution in [2.75, 3.05) is 6.61 Å². The second-order valence-electron chi connectivity index (χ2n) is 10.3. The molecule has 2 unspecified atom stereocenters. The number of benzene rings is 3. The molecule has 0 heterocycles. The van der Waals surface area contributed by atoms with Crippen LogP contribution in [0.2, 0.25) is 19.1 Å². The molecule has 0 aliphatic heterocycles. The Morgan fingerprint density at radius 1 is 0.943 bits per heavy atom. The maximum Gasteiger partial charge on any atom is 0.321 e. The van der Waals surface area contributed by atoms with Gasteiger partial charge in [0, 0.05) is 12.5 Å². The summed E-state index contributed by atoms with van der Waals surface area (Å²) in [7, 11) is -1.83. The minimum atomic E-state index is -1.83. The highest BCUT2D eigenvalue weighted by molar-refractivity contribution is 6.71. The molecule has 0 saturated carbocycles. The van der Waals surface area contributed by atoms with E-state index in [9.17, 15) is 9.90 Å².